The average Bonchev–Trinajstić information content (AvgIpc) is 2.43. The lowest BCUT2D eigenvalue weighted by molar-refractivity contribution is -0.135. The minimum atomic E-state index is -0.594. The summed E-state index contributed by atoms with van der Waals surface area (Å²) in [6, 6.07) is 6.29. The van der Waals surface area contributed by atoms with Crippen molar-refractivity contribution in [3.8, 4) is 0 Å². The van der Waals surface area contributed by atoms with E-state index in [1.807, 2.05) is 18.9 Å². The van der Waals surface area contributed by atoms with Crippen LogP contribution in [0.4, 0.5) is 0 Å². The maximum absolute atomic E-state index is 12.6. The van der Waals surface area contributed by atoms with Crippen LogP contribution < -0.4 is 5.32 Å². The second-order valence-corrected chi connectivity index (χ2v) is 5.45. The van der Waals surface area contributed by atoms with E-state index in [4.69, 9.17) is 0 Å². The quantitative estimate of drug-likeness (QED) is 0.821. The number of aryl methyl sites for hydroxylation is 2. The van der Waals surface area contributed by atoms with E-state index in [9.17, 15) is 4.79 Å². The zero-order chi connectivity index (χ0) is 13.3. The molecule has 0 bridgehead atoms. The van der Waals surface area contributed by atoms with Crippen LogP contribution in [-0.4, -0.2) is 30.9 Å². The lowest BCUT2D eigenvalue weighted by atomic mass is 9.86. The second kappa shape index (κ2) is 4.73. The highest BCUT2D eigenvalue weighted by molar-refractivity contribution is 5.87. The smallest absolute Gasteiger partial charge is 0.246 e. The Morgan fingerprint density at radius 2 is 2.06 bits per heavy atom. The molecule has 1 aromatic rings. The third-order valence-corrected chi connectivity index (χ3v) is 3.84. The third kappa shape index (κ3) is 2.15. The van der Waals surface area contributed by atoms with Crippen molar-refractivity contribution < 1.29 is 4.79 Å². The van der Waals surface area contributed by atoms with E-state index in [0.29, 0.717) is 0 Å². The molecule has 1 saturated heterocycles. The van der Waals surface area contributed by atoms with Crippen molar-refractivity contribution in [1.29, 1.82) is 0 Å². The first-order chi connectivity index (χ1) is 8.45. The Labute approximate surface area is 109 Å². The number of amides is 1. The summed E-state index contributed by atoms with van der Waals surface area (Å²) in [5.74, 6) is 0.159. The monoisotopic (exact) mass is 246 g/mol. The van der Waals surface area contributed by atoms with Gasteiger partial charge in [-0.2, -0.15) is 0 Å². The highest BCUT2D eigenvalue weighted by Crippen LogP contribution is 2.28. The fourth-order valence-electron chi connectivity index (χ4n) is 2.80. The van der Waals surface area contributed by atoms with Gasteiger partial charge in [-0.25, -0.2) is 0 Å². The van der Waals surface area contributed by atoms with E-state index in [0.717, 1.165) is 25.1 Å². The van der Waals surface area contributed by atoms with Crippen LogP contribution in [0.15, 0.2) is 18.2 Å². The zero-order valence-corrected chi connectivity index (χ0v) is 11.7. The van der Waals surface area contributed by atoms with E-state index in [1.165, 1.54) is 11.1 Å². The zero-order valence-electron chi connectivity index (χ0n) is 11.7. The van der Waals surface area contributed by atoms with Gasteiger partial charge in [0.2, 0.25) is 5.91 Å². The Morgan fingerprint density at radius 3 is 2.72 bits per heavy atom. The summed E-state index contributed by atoms with van der Waals surface area (Å²) in [7, 11) is 1.89. The number of nitrogens with one attached hydrogen (secondary N) is 1. The molecule has 18 heavy (non-hydrogen) atoms. The van der Waals surface area contributed by atoms with Crippen molar-refractivity contribution >= 4 is 5.91 Å². The minimum absolute atomic E-state index is 0.159. The Hall–Kier alpha value is -1.35. The first kappa shape index (κ1) is 13.1. The Balaban J connectivity index is 2.47. The van der Waals surface area contributed by atoms with E-state index >= 15 is 0 Å². The highest BCUT2D eigenvalue weighted by Gasteiger charge is 2.39. The second-order valence-electron chi connectivity index (χ2n) is 5.45. The Morgan fingerprint density at radius 1 is 1.33 bits per heavy atom. The molecule has 1 fully saturated rings. The van der Waals surface area contributed by atoms with Crippen molar-refractivity contribution in [3.63, 3.8) is 0 Å². The van der Waals surface area contributed by atoms with Gasteiger partial charge in [0.05, 0.1) is 0 Å². The summed E-state index contributed by atoms with van der Waals surface area (Å²) in [4.78, 5) is 14.4. The molecule has 1 aliphatic heterocycles. The molecule has 1 unspecified atom stereocenters. The molecule has 1 aromatic carbocycles. The Kier molecular flexibility index (Phi) is 3.44. The molecule has 1 N–H and O–H groups in total. The van der Waals surface area contributed by atoms with Gasteiger partial charge in [-0.15, -0.1) is 0 Å². The van der Waals surface area contributed by atoms with Crippen molar-refractivity contribution in [2.24, 2.45) is 0 Å². The first-order valence-corrected chi connectivity index (χ1v) is 6.53. The average molecular weight is 246 g/mol. The summed E-state index contributed by atoms with van der Waals surface area (Å²) in [5, 5.41) is 3.42. The summed E-state index contributed by atoms with van der Waals surface area (Å²) in [5.41, 5.74) is 2.90. The normalized spacial score (nSPS) is 25.1. The van der Waals surface area contributed by atoms with Gasteiger partial charge in [0, 0.05) is 13.6 Å². The maximum atomic E-state index is 12.6. The van der Waals surface area contributed by atoms with Crippen LogP contribution in [0.3, 0.4) is 0 Å². The fourth-order valence-corrected chi connectivity index (χ4v) is 2.80. The fraction of sp³-hybridized carbons (Fsp3) is 0.533. The van der Waals surface area contributed by atoms with E-state index in [-0.39, 0.29) is 5.91 Å². The molecule has 1 heterocycles. The topological polar surface area (TPSA) is 32.3 Å². The largest absolute Gasteiger partial charge is 0.344 e. The summed E-state index contributed by atoms with van der Waals surface area (Å²) >= 11 is 0. The minimum Gasteiger partial charge on any atom is -0.344 e. The van der Waals surface area contributed by atoms with E-state index < -0.39 is 5.54 Å². The molecule has 2 rings (SSSR count). The summed E-state index contributed by atoms with van der Waals surface area (Å²) < 4.78 is 0. The summed E-state index contributed by atoms with van der Waals surface area (Å²) in [6.45, 7) is 7.85. The maximum Gasteiger partial charge on any atom is 0.246 e. The molecule has 1 aliphatic rings. The van der Waals surface area contributed by atoms with Gasteiger partial charge in [0.1, 0.15) is 5.54 Å². The molecule has 0 radical (unpaired) electrons. The molecule has 3 nitrogen and oxygen atoms in total. The number of carbonyl (C=O) groups excluding carboxylic acids is 1. The number of rotatable bonds is 1. The number of hydrogen-bond acceptors (Lipinski definition) is 2. The summed E-state index contributed by atoms with van der Waals surface area (Å²) in [6.07, 6.45) is 1.00. The molecule has 0 aromatic heterocycles. The first-order valence-electron chi connectivity index (χ1n) is 6.53. The van der Waals surface area contributed by atoms with Gasteiger partial charge >= 0.3 is 0 Å². The molecular formula is C15H22N2O. The molecule has 1 amide bonds. The van der Waals surface area contributed by atoms with Crippen LogP contribution in [0.25, 0.3) is 0 Å². The molecule has 3 heteroatoms. The van der Waals surface area contributed by atoms with Crippen LogP contribution in [0.1, 0.15) is 30.0 Å². The lowest BCUT2D eigenvalue weighted by Crippen LogP contribution is -2.50. The van der Waals surface area contributed by atoms with Crippen LogP contribution in [0.5, 0.6) is 0 Å². The van der Waals surface area contributed by atoms with Gasteiger partial charge in [-0.05, 0) is 44.9 Å². The Bertz CT molecular complexity index is 470. The number of carbonyl (C=O) groups is 1. The predicted octanol–water partition coefficient (Wildman–Crippen LogP) is 1.97. The third-order valence-electron chi connectivity index (χ3n) is 3.84. The van der Waals surface area contributed by atoms with Gasteiger partial charge < -0.3 is 4.90 Å². The number of hydrogen-bond donors (Lipinski definition) is 1. The lowest BCUT2D eigenvalue weighted by Gasteiger charge is -2.32. The molecule has 0 saturated carbocycles. The van der Waals surface area contributed by atoms with Crippen LogP contribution in [-0.2, 0) is 10.3 Å². The van der Waals surface area contributed by atoms with Gasteiger partial charge in [-0.3, -0.25) is 10.1 Å². The SMILES string of the molecule is Cc1ccc(C2(C)NCCCN(C)C2=O)c(C)c1. The molecule has 0 aliphatic carbocycles. The van der Waals surface area contributed by atoms with Crippen molar-refractivity contribution in [1.82, 2.24) is 10.2 Å². The molecular weight excluding hydrogens is 224 g/mol. The van der Waals surface area contributed by atoms with Crippen molar-refractivity contribution in [2.45, 2.75) is 32.7 Å². The standard InChI is InChI=1S/C15H22N2O/c1-11-6-7-13(12(2)10-11)15(3)14(18)17(4)9-5-8-16-15/h6-7,10,16H,5,8-9H2,1-4H3. The molecule has 1 atom stereocenters. The van der Waals surface area contributed by atoms with Crippen LogP contribution in [0, 0.1) is 13.8 Å². The highest BCUT2D eigenvalue weighted by atomic mass is 16.2. The van der Waals surface area contributed by atoms with Crippen molar-refractivity contribution in [2.75, 3.05) is 20.1 Å². The number of benzene rings is 1. The van der Waals surface area contributed by atoms with Gasteiger partial charge in [0.25, 0.3) is 0 Å². The van der Waals surface area contributed by atoms with E-state index in [1.54, 1.807) is 0 Å². The molecule has 98 valence electrons. The van der Waals surface area contributed by atoms with Gasteiger partial charge in [-0.1, -0.05) is 23.8 Å². The number of nitrogens with zero attached hydrogens (tertiary/aromatic N) is 1. The predicted molar refractivity (Wildman–Crippen MR) is 73.5 cm³/mol. The van der Waals surface area contributed by atoms with E-state index in [2.05, 4.69) is 37.4 Å². The number of likely N-dealkylation sites (N-methyl/N-ethyl adjacent to an activating group) is 1. The van der Waals surface area contributed by atoms with Crippen LogP contribution >= 0.6 is 0 Å². The van der Waals surface area contributed by atoms with Gasteiger partial charge in [0.15, 0.2) is 0 Å². The molecule has 0 spiro atoms. The van der Waals surface area contributed by atoms with Crippen molar-refractivity contribution in [3.05, 3.63) is 34.9 Å². The van der Waals surface area contributed by atoms with Crippen LogP contribution in [0.2, 0.25) is 0 Å².